The highest BCUT2D eigenvalue weighted by molar-refractivity contribution is 14.0. The van der Waals surface area contributed by atoms with Crippen molar-refractivity contribution in [3.05, 3.63) is 65.7 Å². The Morgan fingerprint density at radius 3 is 2.17 bits per heavy atom. The molecule has 0 saturated heterocycles. The lowest BCUT2D eigenvalue weighted by Crippen LogP contribution is -2.44. The van der Waals surface area contributed by atoms with Crippen molar-refractivity contribution in [2.45, 2.75) is 19.5 Å². The number of amides is 1. The number of rotatable bonds is 7. The monoisotopic (exact) mass is 509 g/mol. The van der Waals surface area contributed by atoms with Crippen LogP contribution in [-0.4, -0.2) is 57.5 Å². The summed E-state index contributed by atoms with van der Waals surface area (Å²) in [6.07, 6.45) is 0. The molecule has 0 heterocycles. The fourth-order valence-electron chi connectivity index (χ4n) is 2.73. The number of hydrogen-bond donors (Lipinski definition) is 2. The number of anilines is 1. The molecule has 1 atom stereocenters. The van der Waals surface area contributed by atoms with E-state index in [2.05, 4.69) is 46.6 Å². The fourth-order valence-corrected chi connectivity index (χ4v) is 2.73. The van der Waals surface area contributed by atoms with Gasteiger partial charge in [0.2, 0.25) is 0 Å². The van der Waals surface area contributed by atoms with Crippen LogP contribution in [0.15, 0.2) is 59.6 Å². The Labute approximate surface area is 191 Å². The number of nitrogens with zero attached hydrogens (tertiary/aromatic N) is 3. The van der Waals surface area contributed by atoms with E-state index in [1.807, 2.05) is 42.5 Å². The van der Waals surface area contributed by atoms with Gasteiger partial charge in [-0.2, -0.15) is 0 Å². The maximum atomic E-state index is 12.0. The molecule has 7 heteroatoms. The maximum absolute atomic E-state index is 12.0. The predicted molar refractivity (Wildman–Crippen MR) is 132 cm³/mol. The Bertz CT molecular complexity index is 778. The lowest BCUT2D eigenvalue weighted by Gasteiger charge is -2.27. The Hall–Kier alpha value is -2.29. The third-order valence-corrected chi connectivity index (χ3v) is 4.68. The number of hydrogen-bond acceptors (Lipinski definition) is 3. The molecule has 2 rings (SSSR count). The summed E-state index contributed by atoms with van der Waals surface area (Å²) >= 11 is 0. The van der Waals surface area contributed by atoms with E-state index in [-0.39, 0.29) is 29.9 Å². The summed E-state index contributed by atoms with van der Waals surface area (Å²) in [6, 6.07) is 18.3. The van der Waals surface area contributed by atoms with Crippen molar-refractivity contribution in [1.82, 2.24) is 15.5 Å². The van der Waals surface area contributed by atoms with Crippen LogP contribution in [0.2, 0.25) is 0 Å². The number of guanidine groups is 1. The third kappa shape index (κ3) is 7.56. The molecule has 0 aliphatic carbocycles. The van der Waals surface area contributed by atoms with Gasteiger partial charge >= 0.3 is 0 Å². The van der Waals surface area contributed by atoms with E-state index < -0.39 is 0 Å². The molecule has 0 aromatic heterocycles. The standard InChI is InChI=1S/C22H31N5O.HI/c1-17(27(5)20-9-7-6-8-10-20)15-24-22(23-2)25-16-18-11-13-19(14-12-18)21(28)26(3)4;/h6-14,17H,15-16H2,1-5H3,(H2,23,24,25);1H. The van der Waals surface area contributed by atoms with Crippen LogP contribution in [0.25, 0.3) is 0 Å². The zero-order chi connectivity index (χ0) is 20.5. The van der Waals surface area contributed by atoms with E-state index in [4.69, 9.17) is 0 Å². The second-order valence-corrected chi connectivity index (χ2v) is 7.00. The largest absolute Gasteiger partial charge is 0.370 e. The highest BCUT2D eigenvalue weighted by Crippen LogP contribution is 2.13. The van der Waals surface area contributed by atoms with Crippen molar-refractivity contribution >= 4 is 41.5 Å². The molecule has 29 heavy (non-hydrogen) atoms. The van der Waals surface area contributed by atoms with E-state index in [0.29, 0.717) is 18.2 Å². The van der Waals surface area contributed by atoms with Gasteiger partial charge in [-0.1, -0.05) is 30.3 Å². The number of nitrogens with one attached hydrogen (secondary N) is 2. The minimum atomic E-state index is 0. The predicted octanol–water partition coefficient (Wildman–Crippen LogP) is 3.20. The van der Waals surface area contributed by atoms with Crippen LogP contribution in [-0.2, 0) is 6.54 Å². The van der Waals surface area contributed by atoms with E-state index in [9.17, 15) is 4.79 Å². The summed E-state index contributed by atoms with van der Waals surface area (Å²) < 4.78 is 0. The van der Waals surface area contributed by atoms with Gasteiger partial charge < -0.3 is 20.4 Å². The first-order valence-electron chi connectivity index (χ1n) is 9.45. The molecule has 6 nitrogen and oxygen atoms in total. The number of carbonyl (C=O) groups excluding carboxylic acids is 1. The number of halogens is 1. The van der Waals surface area contributed by atoms with E-state index in [1.54, 1.807) is 26.0 Å². The summed E-state index contributed by atoms with van der Waals surface area (Å²) in [4.78, 5) is 20.1. The fraction of sp³-hybridized carbons (Fsp3) is 0.364. The van der Waals surface area contributed by atoms with Crippen LogP contribution in [0, 0.1) is 0 Å². The van der Waals surface area contributed by atoms with Gasteiger partial charge in [0.15, 0.2) is 5.96 Å². The number of para-hydroxylation sites is 1. The van der Waals surface area contributed by atoms with Crippen molar-refractivity contribution in [2.24, 2.45) is 4.99 Å². The highest BCUT2D eigenvalue weighted by atomic mass is 127. The van der Waals surface area contributed by atoms with Gasteiger partial charge in [-0.15, -0.1) is 24.0 Å². The molecule has 1 unspecified atom stereocenters. The first kappa shape index (κ1) is 24.7. The molecule has 0 aliphatic rings. The summed E-state index contributed by atoms with van der Waals surface area (Å²) in [5.74, 6) is 0.760. The smallest absolute Gasteiger partial charge is 0.253 e. The van der Waals surface area contributed by atoms with Crippen molar-refractivity contribution < 1.29 is 4.79 Å². The number of carbonyl (C=O) groups is 1. The van der Waals surface area contributed by atoms with Crippen molar-refractivity contribution in [1.29, 1.82) is 0 Å². The molecule has 0 aliphatic heterocycles. The maximum Gasteiger partial charge on any atom is 0.253 e. The van der Waals surface area contributed by atoms with Crippen molar-refractivity contribution in [3.63, 3.8) is 0 Å². The quantitative estimate of drug-likeness (QED) is 0.342. The summed E-state index contributed by atoms with van der Waals surface area (Å²) in [5.41, 5.74) is 2.97. The topological polar surface area (TPSA) is 60.0 Å². The number of benzene rings is 2. The lowest BCUT2D eigenvalue weighted by molar-refractivity contribution is 0.0827. The normalized spacial score (nSPS) is 11.8. The molecule has 0 bridgehead atoms. The van der Waals surface area contributed by atoms with Crippen molar-refractivity contribution in [2.75, 3.05) is 39.6 Å². The molecular formula is C22H32IN5O. The molecule has 1 amide bonds. The summed E-state index contributed by atoms with van der Waals surface area (Å²) in [5, 5.41) is 6.69. The van der Waals surface area contributed by atoms with E-state index in [0.717, 1.165) is 18.1 Å². The Morgan fingerprint density at radius 2 is 1.62 bits per heavy atom. The average Bonchev–Trinajstić information content (AvgIpc) is 2.73. The van der Waals surface area contributed by atoms with E-state index in [1.165, 1.54) is 5.69 Å². The first-order valence-corrected chi connectivity index (χ1v) is 9.45. The summed E-state index contributed by atoms with van der Waals surface area (Å²) in [6.45, 7) is 3.58. The van der Waals surface area contributed by atoms with Gasteiger partial charge in [-0.3, -0.25) is 9.79 Å². The molecule has 0 saturated carbocycles. The molecule has 158 valence electrons. The molecule has 0 fully saturated rings. The zero-order valence-electron chi connectivity index (χ0n) is 17.8. The van der Waals surface area contributed by atoms with Gasteiger partial charge in [0.05, 0.1) is 0 Å². The van der Waals surface area contributed by atoms with E-state index >= 15 is 0 Å². The van der Waals surface area contributed by atoms with Crippen LogP contribution in [0.3, 0.4) is 0 Å². The van der Waals surface area contributed by atoms with Gasteiger partial charge in [0.25, 0.3) is 5.91 Å². The van der Waals surface area contributed by atoms with Gasteiger partial charge in [-0.05, 0) is 36.8 Å². The van der Waals surface area contributed by atoms with Crippen molar-refractivity contribution in [3.8, 4) is 0 Å². The Kier molecular flexibility index (Phi) is 10.5. The number of aliphatic imine (C=N–C) groups is 1. The van der Waals surface area contributed by atoms with Gasteiger partial charge in [0, 0.05) is 58.6 Å². The van der Waals surface area contributed by atoms with Gasteiger partial charge in [0.1, 0.15) is 0 Å². The third-order valence-electron chi connectivity index (χ3n) is 4.68. The SMILES string of the molecule is CN=C(NCc1ccc(C(=O)N(C)C)cc1)NCC(C)N(C)c1ccccc1.I. The van der Waals surface area contributed by atoms with Crippen LogP contribution in [0.5, 0.6) is 0 Å². The highest BCUT2D eigenvalue weighted by Gasteiger charge is 2.11. The Balaban J connectivity index is 0.00000420. The second kappa shape index (κ2) is 12.3. The Morgan fingerprint density at radius 1 is 1.00 bits per heavy atom. The summed E-state index contributed by atoms with van der Waals surface area (Å²) in [7, 11) is 7.36. The van der Waals surface area contributed by atoms with Crippen LogP contribution < -0.4 is 15.5 Å². The van der Waals surface area contributed by atoms with Crippen LogP contribution >= 0.6 is 24.0 Å². The lowest BCUT2D eigenvalue weighted by atomic mass is 10.1. The van der Waals surface area contributed by atoms with Gasteiger partial charge in [-0.25, -0.2) is 0 Å². The minimum Gasteiger partial charge on any atom is -0.370 e. The average molecular weight is 509 g/mol. The van der Waals surface area contributed by atoms with Crippen LogP contribution in [0.4, 0.5) is 5.69 Å². The number of likely N-dealkylation sites (N-methyl/N-ethyl adjacent to an activating group) is 1. The molecule has 2 N–H and O–H groups in total. The molecule has 2 aromatic carbocycles. The first-order chi connectivity index (χ1) is 13.4. The molecule has 0 spiro atoms. The molecule has 2 aromatic rings. The molecular weight excluding hydrogens is 477 g/mol. The second-order valence-electron chi connectivity index (χ2n) is 7.00. The zero-order valence-corrected chi connectivity index (χ0v) is 20.2. The molecule has 0 radical (unpaired) electrons. The van der Waals surface area contributed by atoms with Crippen LogP contribution in [0.1, 0.15) is 22.8 Å². The minimum absolute atomic E-state index is 0.